The highest BCUT2D eigenvalue weighted by molar-refractivity contribution is 5.76. The van der Waals surface area contributed by atoms with Gasteiger partial charge in [0, 0.05) is 12.8 Å². The van der Waals surface area contributed by atoms with E-state index in [1.165, 1.54) is 16.7 Å². The molecule has 1 aromatic rings. The number of fused-ring (bicyclic) bond motifs is 1. The molecule has 0 heterocycles. The summed E-state index contributed by atoms with van der Waals surface area (Å²) in [6, 6.07) is 6.50. The van der Waals surface area contributed by atoms with Crippen molar-refractivity contribution in [1.82, 2.24) is 5.32 Å². The van der Waals surface area contributed by atoms with Crippen LogP contribution in [-0.2, 0) is 16.0 Å². The predicted octanol–water partition coefficient (Wildman–Crippen LogP) is 2.74. The molecule has 0 aliphatic heterocycles. The normalized spacial score (nSPS) is 16.8. The summed E-state index contributed by atoms with van der Waals surface area (Å²) in [6.45, 7) is 2.08. The smallest absolute Gasteiger partial charge is 0.303 e. The van der Waals surface area contributed by atoms with Crippen molar-refractivity contribution in [3.63, 3.8) is 0 Å². The Kier molecular flexibility index (Phi) is 4.77. The first-order valence-corrected chi connectivity index (χ1v) is 7.17. The van der Waals surface area contributed by atoms with Crippen LogP contribution in [0.25, 0.3) is 0 Å². The summed E-state index contributed by atoms with van der Waals surface area (Å²) in [4.78, 5) is 22.2. The molecule has 4 nitrogen and oxygen atoms in total. The molecule has 1 amide bonds. The minimum Gasteiger partial charge on any atom is -0.481 e. The van der Waals surface area contributed by atoms with E-state index in [1.807, 2.05) is 0 Å². The van der Waals surface area contributed by atoms with Gasteiger partial charge in [0.1, 0.15) is 0 Å². The highest BCUT2D eigenvalue weighted by atomic mass is 16.4. The van der Waals surface area contributed by atoms with Crippen molar-refractivity contribution in [2.75, 3.05) is 0 Å². The zero-order chi connectivity index (χ0) is 14.5. The summed E-state index contributed by atoms with van der Waals surface area (Å²) in [6.07, 6.45) is 3.71. The molecule has 4 heteroatoms. The molecule has 0 spiro atoms. The molecule has 0 saturated heterocycles. The molecular formula is C16H21NO3. The largest absolute Gasteiger partial charge is 0.481 e. The number of aryl methyl sites for hydroxylation is 2. The number of carboxylic acid groups (broad SMARTS) is 1. The van der Waals surface area contributed by atoms with Crippen molar-refractivity contribution >= 4 is 11.9 Å². The molecule has 0 fully saturated rings. The maximum atomic E-state index is 11.9. The van der Waals surface area contributed by atoms with E-state index in [-0.39, 0.29) is 18.4 Å². The Labute approximate surface area is 119 Å². The number of carboxylic acids is 1. The van der Waals surface area contributed by atoms with Crippen LogP contribution < -0.4 is 5.32 Å². The maximum Gasteiger partial charge on any atom is 0.303 e. The number of rotatable bonds is 6. The fourth-order valence-electron chi connectivity index (χ4n) is 2.72. The predicted molar refractivity (Wildman–Crippen MR) is 76.5 cm³/mol. The Balaban J connectivity index is 1.80. The lowest BCUT2D eigenvalue weighted by Crippen LogP contribution is -2.26. The Bertz CT molecular complexity index is 510. The fourth-order valence-corrected chi connectivity index (χ4v) is 2.72. The minimum atomic E-state index is -0.800. The van der Waals surface area contributed by atoms with Crippen LogP contribution in [0.1, 0.15) is 54.8 Å². The van der Waals surface area contributed by atoms with Gasteiger partial charge in [-0.3, -0.25) is 9.59 Å². The van der Waals surface area contributed by atoms with Crippen molar-refractivity contribution < 1.29 is 14.7 Å². The molecule has 0 bridgehead atoms. The van der Waals surface area contributed by atoms with Gasteiger partial charge in [0.15, 0.2) is 0 Å². The molecule has 1 aliphatic carbocycles. The highest BCUT2D eigenvalue weighted by Crippen LogP contribution is 2.31. The van der Waals surface area contributed by atoms with E-state index >= 15 is 0 Å². The van der Waals surface area contributed by atoms with Gasteiger partial charge in [-0.25, -0.2) is 0 Å². The molecule has 0 saturated carbocycles. The number of nitrogens with one attached hydrogen (secondary N) is 1. The van der Waals surface area contributed by atoms with Crippen molar-refractivity contribution in [1.29, 1.82) is 0 Å². The second-order valence-corrected chi connectivity index (χ2v) is 5.46. The third-order valence-corrected chi connectivity index (χ3v) is 3.76. The number of hydrogen-bond donors (Lipinski definition) is 2. The van der Waals surface area contributed by atoms with Gasteiger partial charge >= 0.3 is 5.97 Å². The number of aliphatic carboxylic acids is 1. The van der Waals surface area contributed by atoms with Crippen molar-refractivity contribution in [2.45, 2.75) is 51.5 Å². The number of carbonyl (C=O) groups is 2. The minimum absolute atomic E-state index is 0.0220. The van der Waals surface area contributed by atoms with Crippen molar-refractivity contribution in [3.05, 3.63) is 34.9 Å². The quantitative estimate of drug-likeness (QED) is 0.784. The van der Waals surface area contributed by atoms with Crippen LogP contribution in [-0.4, -0.2) is 17.0 Å². The van der Waals surface area contributed by atoms with Gasteiger partial charge in [-0.1, -0.05) is 23.8 Å². The van der Waals surface area contributed by atoms with E-state index in [9.17, 15) is 9.59 Å². The molecule has 0 aromatic heterocycles. The average Bonchev–Trinajstić information content (AvgIpc) is 2.77. The summed E-state index contributed by atoms with van der Waals surface area (Å²) >= 11 is 0. The van der Waals surface area contributed by atoms with Gasteiger partial charge in [0.25, 0.3) is 0 Å². The molecule has 2 N–H and O–H groups in total. The number of unbranched alkanes of at least 4 members (excludes halogenated alkanes) is 1. The van der Waals surface area contributed by atoms with Crippen LogP contribution in [0.15, 0.2) is 18.2 Å². The lowest BCUT2D eigenvalue weighted by molar-refractivity contribution is -0.137. The molecule has 20 heavy (non-hydrogen) atoms. The van der Waals surface area contributed by atoms with Crippen LogP contribution in [0.3, 0.4) is 0 Å². The molecule has 1 atom stereocenters. The van der Waals surface area contributed by atoms with Crippen LogP contribution in [0, 0.1) is 6.92 Å². The molecule has 1 aliphatic rings. The summed E-state index contributed by atoms with van der Waals surface area (Å²) in [5.41, 5.74) is 3.82. The molecule has 1 aromatic carbocycles. The van der Waals surface area contributed by atoms with E-state index in [0.29, 0.717) is 19.3 Å². The van der Waals surface area contributed by atoms with Crippen LogP contribution in [0.4, 0.5) is 0 Å². The zero-order valence-electron chi connectivity index (χ0n) is 11.8. The van der Waals surface area contributed by atoms with E-state index < -0.39 is 5.97 Å². The Morgan fingerprint density at radius 2 is 2.05 bits per heavy atom. The van der Waals surface area contributed by atoms with Gasteiger partial charge in [0.05, 0.1) is 6.04 Å². The molecule has 0 radical (unpaired) electrons. The van der Waals surface area contributed by atoms with Gasteiger partial charge in [-0.15, -0.1) is 0 Å². The first-order chi connectivity index (χ1) is 9.56. The first-order valence-electron chi connectivity index (χ1n) is 7.17. The summed E-state index contributed by atoms with van der Waals surface area (Å²) < 4.78 is 0. The second-order valence-electron chi connectivity index (χ2n) is 5.46. The highest BCUT2D eigenvalue weighted by Gasteiger charge is 2.23. The standard InChI is InChI=1S/C16H21NO3/c1-11-6-8-13-12(10-11)7-9-14(13)17-15(18)4-2-3-5-16(19)20/h6,8,10,14H,2-5,7,9H2,1H3,(H,17,18)(H,19,20). The Hall–Kier alpha value is -1.84. The lowest BCUT2D eigenvalue weighted by atomic mass is 10.1. The summed E-state index contributed by atoms with van der Waals surface area (Å²) in [5.74, 6) is -0.778. The summed E-state index contributed by atoms with van der Waals surface area (Å²) in [5, 5.41) is 11.6. The van der Waals surface area contributed by atoms with Crippen molar-refractivity contribution in [2.24, 2.45) is 0 Å². The molecule has 1 unspecified atom stereocenters. The van der Waals surface area contributed by atoms with Crippen LogP contribution in [0.2, 0.25) is 0 Å². The van der Waals surface area contributed by atoms with Gasteiger partial charge in [-0.2, -0.15) is 0 Å². The SMILES string of the molecule is Cc1ccc2c(c1)CCC2NC(=O)CCCCC(=O)O. The Morgan fingerprint density at radius 1 is 1.30 bits per heavy atom. The Morgan fingerprint density at radius 3 is 2.80 bits per heavy atom. The maximum absolute atomic E-state index is 11.9. The molecule has 2 rings (SSSR count). The molecular weight excluding hydrogens is 254 g/mol. The topological polar surface area (TPSA) is 66.4 Å². The second kappa shape index (κ2) is 6.55. The third kappa shape index (κ3) is 3.83. The monoisotopic (exact) mass is 275 g/mol. The van der Waals surface area contributed by atoms with E-state index in [1.54, 1.807) is 0 Å². The number of benzene rings is 1. The van der Waals surface area contributed by atoms with Crippen LogP contribution >= 0.6 is 0 Å². The zero-order valence-corrected chi connectivity index (χ0v) is 11.8. The number of carbonyl (C=O) groups excluding carboxylic acids is 1. The number of hydrogen-bond acceptors (Lipinski definition) is 2. The fraction of sp³-hybridized carbons (Fsp3) is 0.500. The van der Waals surface area contributed by atoms with E-state index in [4.69, 9.17) is 5.11 Å². The van der Waals surface area contributed by atoms with Gasteiger partial charge in [-0.05, 0) is 43.7 Å². The van der Waals surface area contributed by atoms with E-state index in [0.717, 1.165) is 12.8 Å². The number of amides is 1. The lowest BCUT2D eigenvalue weighted by Gasteiger charge is -2.14. The first kappa shape index (κ1) is 14.6. The third-order valence-electron chi connectivity index (χ3n) is 3.76. The average molecular weight is 275 g/mol. The van der Waals surface area contributed by atoms with Gasteiger partial charge in [0.2, 0.25) is 5.91 Å². The van der Waals surface area contributed by atoms with E-state index in [2.05, 4.69) is 30.4 Å². The summed E-state index contributed by atoms with van der Waals surface area (Å²) in [7, 11) is 0. The van der Waals surface area contributed by atoms with Gasteiger partial charge < -0.3 is 10.4 Å². The molecule has 108 valence electrons. The van der Waals surface area contributed by atoms with Crippen LogP contribution in [0.5, 0.6) is 0 Å². The van der Waals surface area contributed by atoms with Crippen molar-refractivity contribution in [3.8, 4) is 0 Å².